The first kappa shape index (κ1) is 36.1. The van der Waals surface area contributed by atoms with E-state index in [0.29, 0.717) is 10.6 Å². The molecule has 248 valence electrons. The van der Waals surface area contributed by atoms with Crippen molar-refractivity contribution in [3.05, 3.63) is 123 Å². The molecule has 0 bridgehead atoms. The van der Waals surface area contributed by atoms with Crippen molar-refractivity contribution in [1.29, 1.82) is 0 Å². The minimum absolute atomic E-state index is 0.0349. The number of hydrogen-bond donors (Lipinski definition) is 1. The predicted molar refractivity (Wildman–Crippen MR) is 188 cm³/mol. The molecule has 8 nitrogen and oxygen atoms in total. The van der Waals surface area contributed by atoms with Gasteiger partial charge in [0.05, 0.1) is 27.7 Å². The molecule has 0 heterocycles. The van der Waals surface area contributed by atoms with E-state index in [1.807, 2.05) is 51.1 Å². The number of carbonyl (C=O) groups is 2. The molecule has 0 unspecified atom stereocenters. The van der Waals surface area contributed by atoms with Crippen LogP contribution in [0.2, 0.25) is 15.1 Å². The van der Waals surface area contributed by atoms with Crippen molar-refractivity contribution in [2.45, 2.75) is 50.7 Å². The van der Waals surface area contributed by atoms with Gasteiger partial charge in [0.2, 0.25) is 11.8 Å². The Morgan fingerprint density at radius 2 is 1.53 bits per heavy atom. The quantitative estimate of drug-likeness (QED) is 0.157. The van der Waals surface area contributed by atoms with Crippen molar-refractivity contribution in [1.82, 2.24) is 10.2 Å². The van der Waals surface area contributed by atoms with Crippen molar-refractivity contribution in [3.63, 3.8) is 0 Å². The van der Waals surface area contributed by atoms with Crippen LogP contribution in [0.25, 0.3) is 0 Å². The number of ether oxygens (including phenoxy) is 1. The van der Waals surface area contributed by atoms with Crippen LogP contribution in [0.1, 0.15) is 30.5 Å². The van der Waals surface area contributed by atoms with Crippen molar-refractivity contribution < 1.29 is 22.7 Å². The fraction of sp³-hybridized carbons (Fsp3) is 0.257. The summed E-state index contributed by atoms with van der Waals surface area (Å²) in [6.45, 7) is 4.75. The first-order valence-electron chi connectivity index (χ1n) is 14.8. The lowest BCUT2D eigenvalue weighted by Gasteiger charge is -2.34. The summed E-state index contributed by atoms with van der Waals surface area (Å²) >= 11 is 18.9. The second kappa shape index (κ2) is 15.9. The highest BCUT2D eigenvalue weighted by atomic mass is 35.5. The maximum absolute atomic E-state index is 14.6. The van der Waals surface area contributed by atoms with Crippen LogP contribution in [0.5, 0.6) is 5.75 Å². The molecule has 4 rings (SSSR count). The Bertz CT molecular complexity index is 1820. The normalized spacial score (nSPS) is 12.0. The maximum atomic E-state index is 14.6. The van der Waals surface area contributed by atoms with Crippen LogP contribution in [0.15, 0.2) is 95.9 Å². The predicted octanol–water partition coefficient (Wildman–Crippen LogP) is 7.32. The van der Waals surface area contributed by atoms with Crippen LogP contribution in [-0.4, -0.2) is 50.9 Å². The number of nitrogens with zero attached hydrogens (tertiary/aromatic N) is 2. The smallest absolute Gasteiger partial charge is 0.264 e. The first-order valence-corrected chi connectivity index (χ1v) is 17.4. The first-order chi connectivity index (χ1) is 22.3. The highest BCUT2D eigenvalue weighted by Gasteiger charge is 2.36. The third-order valence-corrected chi connectivity index (χ3v) is 10.1. The zero-order chi connectivity index (χ0) is 34.3. The number of halogens is 3. The fourth-order valence-corrected chi connectivity index (χ4v) is 6.88. The summed E-state index contributed by atoms with van der Waals surface area (Å²) in [7, 11) is -2.95. The van der Waals surface area contributed by atoms with Crippen LogP contribution in [0.3, 0.4) is 0 Å². The molecular weight excluding hydrogens is 681 g/mol. The number of hydrogen-bond acceptors (Lipinski definition) is 5. The topological polar surface area (TPSA) is 96.0 Å². The highest BCUT2D eigenvalue weighted by molar-refractivity contribution is 7.92. The molecule has 0 radical (unpaired) electrons. The Hall–Kier alpha value is -3.76. The van der Waals surface area contributed by atoms with Crippen LogP contribution < -0.4 is 14.4 Å². The van der Waals surface area contributed by atoms with Gasteiger partial charge in [-0.25, -0.2) is 8.42 Å². The van der Waals surface area contributed by atoms with Gasteiger partial charge in [0.25, 0.3) is 10.0 Å². The Labute approximate surface area is 291 Å². The van der Waals surface area contributed by atoms with E-state index in [4.69, 9.17) is 39.5 Å². The lowest BCUT2D eigenvalue weighted by Crippen LogP contribution is -2.54. The summed E-state index contributed by atoms with van der Waals surface area (Å²) in [6.07, 6.45) is 0.164. The molecule has 1 N–H and O–H groups in total. The van der Waals surface area contributed by atoms with Gasteiger partial charge in [-0.2, -0.15) is 0 Å². The molecule has 0 aliphatic heterocycles. The lowest BCUT2D eigenvalue weighted by atomic mass is 10.0. The molecule has 4 aromatic carbocycles. The van der Waals surface area contributed by atoms with Gasteiger partial charge >= 0.3 is 0 Å². The average Bonchev–Trinajstić information content (AvgIpc) is 3.03. The van der Waals surface area contributed by atoms with Crippen LogP contribution in [0.4, 0.5) is 5.69 Å². The number of benzene rings is 4. The van der Waals surface area contributed by atoms with E-state index in [9.17, 15) is 18.0 Å². The fourth-order valence-electron chi connectivity index (χ4n) is 4.98. The summed E-state index contributed by atoms with van der Waals surface area (Å²) < 4.78 is 35.1. The van der Waals surface area contributed by atoms with Crippen molar-refractivity contribution in [3.8, 4) is 5.75 Å². The molecule has 0 aliphatic carbocycles. The molecule has 0 fully saturated rings. The van der Waals surface area contributed by atoms with Crippen molar-refractivity contribution in [2.75, 3.05) is 18.0 Å². The molecule has 12 heteroatoms. The lowest BCUT2D eigenvalue weighted by molar-refractivity contribution is -0.140. The van der Waals surface area contributed by atoms with E-state index in [1.165, 1.54) is 36.3 Å². The zero-order valence-electron chi connectivity index (χ0n) is 26.4. The summed E-state index contributed by atoms with van der Waals surface area (Å²) in [5.41, 5.74) is 2.33. The average molecular weight is 717 g/mol. The molecule has 0 aromatic heterocycles. The van der Waals surface area contributed by atoms with Crippen LogP contribution in [0, 0.1) is 6.92 Å². The van der Waals surface area contributed by atoms with Gasteiger partial charge in [-0.05, 0) is 74.4 Å². The van der Waals surface area contributed by atoms with E-state index in [-0.39, 0.29) is 45.4 Å². The summed E-state index contributed by atoms with van der Waals surface area (Å²) in [6, 6.07) is 23.8. The van der Waals surface area contributed by atoms with Gasteiger partial charge in [-0.3, -0.25) is 13.9 Å². The van der Waals surface area contributed by atoms with Gasteiger partial charge in [0, 0.05) is 24.0 Å². The largest absolute Gasteiger partial charge is 0.495 e. The molecule has 0 spiro atoms. The Balaban J connectivity index is 1.87. The molecule has 47 heavy (non-hydrogen) atoms. The second-order valence-corrected chi connectivity index (χ2v) is 14.4. The number of methoxy groups -OCH3 is 1. The Kier molecular flexibility index (Phi) is 12.2. The van der Waals surface area contributed by atoms with E-state index in [1.54, 1.807) is 36.4 Å². The van der Waals surface area contributed by atoms with Crippen LogP contribution >= 0.6 is 34.8 Å². The SMILES string of the molecule is COc1ccc(Cl)cc1N(CC(=O)N(Cc1ccc(Cl)c(Cl)c1)[C@@H](Cc1ccccc1)C(=O)NC(C)C)S(=O)(=O)c1ccc(C)cc1. The van der Waals surface area contributed by atoms with Crippen LogP contribution in [-0.2, 0) is 32.6 Å². The van der Waals surface area contributed by atoms with Gasteiger partial charge in [0.1, 0.15) is 18.3 Å². The zero-order valence-corrected chi connectivity index (χ0v) is 29.5. The number of anilines is 1. The van der Waals surface area contributed by atoms with Gasteiger partial charge in [0.15, 0.2) is 0 Å². The molecule has 4 aromatic rings. The molecule has 2 amide bonds. The summed E-state index contributed by atoms with van der Waals surface area (Å²) in [5.74, 6) is -0.855. The Morgan fingerprint density at radius 3 is 2.15 bits per heavy atom. The van der Waals surface area contributed by atoms with Gasteiger partial charge < -0.3 is 15.0 Å². The van der Waals surface area contributed by atoms with Crippen molar-refractivity contribution in [2.24, 2.45) is 0 Å². The number of carbonyl (C=O) groups excluding carboxylic acids is 2. The molecule has 0 aliphatic rings. The monoisotopic (exact) mass is 715 g/mol. The number of rotatable bonds is 13. The summed E-state index contributed by atoms with van der Waals surface area (Å²) in [4.78, 5) is 29.8. The molecular formula is C35H36Cl3N3O5S. The highest BCUT2D eigenvalue weighted by Crippen LogP contribution is 2.35. The number of sulfonamides is 1. The third kappa shape index (κ3) is 9.20. The maximum Gasteiger partial charge on any atom is 0.264 e. The third-order valence-electron chi connectivity index (χ3n) is 7.34. The molecule has 0 saturated heterocycles. The number of nitrogens with one attached hydrogen (secondary N) is 1. The van der Waals surface area contributed by atoms with Gasteiger partial charge in [-0.15, -0.1) is 0 Å². The van der Waals surface area contributed by atoms with Gasteiger partial charge in [-0.1, -0.05) is 88.9 Å². The van der Waals surface area contributed by atoms with Crippen molar-refractivity contribution >= 4 is 62.3 Å². The Morgan fingerprint density at radius 1 is 0.851 bits per heavy atom. The van der Waals surface area contributed by atoms with E-state index in [2.05, 4.69) is 5.32 Å². The number of aryl methyl sites for hydroxylation is 1. The standard InChI is InChI=1S/C35H36Cl3N3O5S/c1-23(2)39-35(43)32(19-25-8-6-5-7-9-25)40(21-26-12-16-29(37)30(38)18-26)34(42)22-41(31-20-27(36)13-17-33(31)46-4)47(44,45)28-14-10-24(3)11-15-28/h5-18,20,23,32H,19,21-22H2,1-4H3,(H,39,43)/t32-/m0/s1. The molecule has 1 atom stereocenters. The minimum Gasteiger partial charge on any atom is -0.495 e. The molecule has 0 saturated carbocycles. The van der Waals surface area contributed by atoms with E-state index >= 15 is 0 Å². The summed E-state index contributed by atoms with van der Waals surface area (Å²) in [5, 5.41) is 3.77. The van der Waals surface area contributed by atoms with E-state index in [0.717, 1.165) is 15.4 Å². The number of amides is 2. The van der Waals surface area contributed by atoms with E-state index < -0.39 is 34.4 Å². The second-order valence-electron chi connectivity index (χ2n) is 11.3. The minimum atomic E-state index is -4.35.